The number of aliphatic imine (C=N–C) groups is 1. The van der Waals surface area contributed by atoms with Crippen molar-refractivity contribution in [2.45, 2.75) is 13.5 Å². The fourth-order valence-corrected chi connectivity index (χ4v) is 2.16. The van der Waals surface area contributed by atoms with Crippen LogP contribution in [0.15, 0.2) is 41.3 Å². The Balaban J connectivity index is 0.00000450. The zero-order valence-electron chi connectivity index (χ0n) is 16.4. The van der Waals surface area contributed by atoms with Crippen molar-refractivity contribution in [1.82, 2.24) is 14.9 Å². The number of likely N-dealkylation sites (N-methyl/N-ethyl adjacent to an activating group) is 1. The molecule has 0 saturated carbocycles. The molecule has 1 amide bonds. The SMILES string of the molecule is Cc1cnc(N/C(C=NCC(=O)N(C)C)=C/N)nc1NCc1c(F)cccc1F.[HH].[HH]. The topological polar surface area (TPSA) is 109 Å². The molecule has 29 heavy (non-hydrogen) atoms. The summed E-state index contributed by atoms with van der Waals surface area (Å²) in [5.41, 5.74) is 6.56. The molecule has 0 saturated heterocycles. The van der Waals surface area contributed by atoms with E-state index in [1.165, 1.54) is 35.5 Å². The third kappa shape index (κ3) is 6.23. The number of allylic oxidation sites excluding steroid dienone is 1. The summed E-state index contributed by atoms with van der Waals surface area (Å²) in [6, 6.07) is 3.69. The summed E-state index contributed by atoms with van der Waals surface area (Å²) in [5.74, 6) is -0.828. The number of hydrogen-bond acceptors (Lipinski definition) is 7. The van der Waals surface area contributed by atoms with Crippen LogP contribution in [0.2, 0.25) is 0 Å². The van der Waals surface area contributed by atoms with Crippen molar-refractivity contribution in [3.8, 4) is 0 Å². The first-order valence-electron chi connectivity index (χ1n) is 8.71. The molecule has 0 aliphatic carbocycles. The van der Waals surface area contributed by atoms with Gasteiger partial charge in [0, 0.05) is 53.2 Å². The van der Waals surface area contributed by atoms with E-state index in [-0.39, 0.29) is 33.4 Å². The Morgan fingerprint density at radius 2 is 2.03 bits per heavy atom. The van der Waals surface area contributed by atoms with Crippen molar-refractivity contribution in [3.63, 3.8) is 0 Å². The summed E-state index contributed by atoms with van der Waals surface area (Å²) in [6.45, 7) is 1.66. The molecule has 1 heterocycles. The van der Waals surface area contributed by atoms with E-state index in [1.54, 1.807) is 27.2 Å². The third-order valence-corrected chi connectivity index (χ3v) is 3.86. The molecule has 0 spiro atoms. The lowest BCUT2D eigenvalue weighted by molar-refractivity contribution is -0.127. The highest BCUT2D eigenvalue weighted by atomic mass is 19.1. The zero-order valence-corrected chi connectivity index (χ0v) is 16.4. The minimum Gasteiger partial charge on any atom is -0.403 e. The first kappa shape index (κ1) is 21.7. The molecule has 2 rings (SSSR count). The molecule has 1 aromatic heterocycles. The highest BCUT2D eigenvalue weighted by Gasteiger charge is 2.10. The number of carbonyl (C=O) groups is 1. The maximum absolute atomic E-state index is 13.8. The molecule has 0 aliphatic heterocycles. The molecular weight excluding hydrogens is 380 g/mol. The first-order valence-corrected chi connectivity index (χ1v) is 8.71. The van der Waals surface area contributed by atoms with Gasteiger partial charge in [0.25, 0.3) is 0 Å². The Morgan fingerprint density at radius 1 is 1.34 bits per heavy atom. The van der Waals surface area contributed by atoms with Crippen LogP contribution in [0.4, 0.5) is 20.5 Å². The number of halogens is 2. The van der Waals surface area contributed by atoms with Crippen molar-refractivity contribution >= 4 is 23.9 Å². The van der Waals surface area contributed by atoms with E-state index in [9.17, 15) is 13.6 Å². The Bertz CT molecular complexity index is 919. The Kier molecular flexibility index (Phi) is 7.58. The van der Waals surface area contributed by atoms with Gasteiger partial charge < -0.3 is 21.3 Å². The molecule has 0 atom stereocenters. The molecule has 10 heteroatoms. The molecule has 158 valence electrons. The van der Waals surface area contributed by atoms with Gasteiger partial charge in [-0.3, -0.25) is 9.79 Å². The van der Waals surface area contributed by atoms with Gasteiger partial charge >= 0.3 is 0 Å². The molecule has 1 aromatic carbocycles. The second-order valence-electron chi connectivity index (χ2n) is 6.28. The lowest BCUT2D eigenvalue weighted by atomic mass is 10.2. The molecule has 2 aromatic rings. The van der Waals surface area contributed by atoms with Crippen LogP contribution in [0.25, 0.3) is 0 Å². The summed E-state index contributed by atoms with van der Waals surface area (Å²) in [6.07, 6.45) is 4.21. The summed E-state index contributed by atoms with van der Waals surface area (Å²) in [4.78, 5) is 25.4. The zero-order chi connectivity index (χ0) is 21.4. The fraction of sp³-hybridized carbons (Fsp3) is 0.263. The lowest BCUT2D eigenvalue weighted by Gasteiger charge is -2.12. The number of nitrogens with two attached hydrogens (primary N) is 1. The van der Waals surface area contributed by atoms with Gasteiger partial charge in [0.1, 0.15) is 24.0 Å². The molecule has 0 fully saturated rings. The summed E-state index contributed by atoms with van der Waals surface area (Å²) in [5, 5.41) is 5.78. The number of carbonyl (C=O) groups excluding carboxylic acids is 1. The molecule has 0 unspecified atom stereocenters. The maximum atomic E-state index is 13.8. The van der Waals surface area contributed by atoms with Crippen molar-refractivity contribution < 1.29 is 16.4 Å². The second-order valence-corrected chi connectivity index (χ2v) is 6.28. The Hall–Kier alpha value is -3.56. The number of amides is 1. The Morgan fingerprint density at radius 3 is 2.66 bits per heavy atom. The van der Waals surface area contributed by atoms with Crippen LogP contribution in [0.5, 0.6) is 0 Å². The smallest absolute Gasteiger partial charge is 0.243 e. The highest BCUT2D eigenvalue weighted by Crippen LogP contribution is 2.17. The number of aromatic nitrogens is 2. The number of anilines is 2. The van der Waals surface area contributed by atoms with Crippen LogP contribution < -0.4 is 16.4 Å². The van der Waals surface area contributed by atoms with Crippen LogP contribution in [-0.2, 0) is 11.3 Å². The largest absolute Gasteiger partial charge is 0.403 e. The van der Waals surface area contributed by atoms with E-state index in [1.807, 2.05) is 0 Å². The third-order valence-electron chi connectivity index (χ3n) is 3.86. The van der Waals surface area contributed by atoms with Crippen LogP contribution >= 0.6 is 0 Å². The van der Waals surface area contributed by atoms with Crippen LogP contribution in [0.3, 0.4) is 0 Å². The van der Waals surface area contributed by atoms with Crippen molar-refractivity contribution in [3.05, 3.63) is 59.1 Å². The Labute approximate surface area is 170 Å². The molecule has 8 nitrogen and oxygen atoms in total. The van der Waals surface area contributed by atoms with Gasteiger partial charge in [0.2, 0.25) is 11.9 Å². The van der Waals surface area contributed by atoms with E-state index < -0.39 is 11.6 Å². The predicted octanol–water partition coefficient (Wildman–Crippen LogP) is 2.54. The van der Waals surface area contributed by atoms with Gasteiger partial charge in [-0.1, -0.05) is 6.07 Å². The number of benzene rings is 1. The van der Waals surface area contributed by atoms with Crippen molar-refractivity contribution in [2.75, 3.05) is 31.3 Å². The van der Waals surface area contributed by atoms with Crippen LogP contribution in [0, 0.1) is 18.6 Å². The number of aryl methyl sites for hydroxylation is 1. The minimum absolute atomic E-state index is 0. The van der Waals surface area contributed by atoms with Gasteiger partial charge in [0.05, 0.1) is 5.70 Å². The molecule has 4 N–H and O–H groups in total. The normalized spacial score (nSPS) is 11.6. The second kappa shape index (κ2) is 10.1. The summed E-state index contributed by atoms with van der Waals surface area (Å²) >= 11 is 0. The van der Waals surface area contributed by atoms with Gasteiger partial charge in [-0.15, -0.1) is 0 Å². The van der Waals surface area contributed by atoms with Gasteiger partial charge in [-0.25, -0.2) is 13.8 Å². The number of rotatable bonds is 8. The maximum Gasteiger partial charge on any atom is 0.243 e. The highest BCUT2D eigenvalue weighted by molar-refractivity contribution is 5.85. The van der Waals surface area contributed by atoms with E-state index >= 15 is 0 Å². The number of nitrogens with one attached hydrogen (secondary N) is 2. The number of nitrogens with zero attached hydrogens (tertiary/aromatic N) is 4. The van der Waals surface area contributed by atoms with E-state index in [0.717, 1.165) is 0 Å². The average Bonchev–Trinajstić information content (AvgIpc) is 2.68. The first-order chi connectivity index (χ1) is 13.8. The standard InChI is InChI=1S/C19H23F2N7O.2H2/c1-12-8-25-19(26-13(7-22)9-23-11-17(29)28(2)3)27-18(12)24-10-14-15(20)5-4-6-16(14)21;;/h4-9H,10-11,22H2,1-3H3,(H2,24,25,26,27);2*1H/b13-7+,23-9?;;. The van der Waals surface area contributed by atoms with Crippen LogP contribution in [-0.4, -0.2) is 47.6 Å². The van der Waals surface area contributed by atoms with Gasteiger partial charge in [-0.2, -0.15) is 4.98 Å². The lowest BCUT2D eigenvalue weighted by Crippen LogP contribution is -2.24. The summed E-state index contributed by atoms with van der Waals surface area (Å²) < 4.78 is 27.6. The van der Waals surface area contributed by atoms with Crippen molar-refractivity contribution in [2.24, 2.45) is 10.7 Å². The molecule has 0 aliphatic rings. The van der Waals surface area contributed by atoms with E-state index in [2.05, 4.69) is 25.6 Å². The number of hydrogen-bond donors (Lipinski definition) is 3. The van der Waals surface area contributed by atoms with Crippen molar-refractivity contribution in [1.29, 1.82) is 0 Å². The van der Waals surface area contributed by atoms with E-state index in [4.69, 9.17) is 5.73 Å². The monoisotopic (exact) mass is 407 g/mol. The van der Waals surface area contributed by atoms with Gasteiger partial charge in [-0.05, 0) is 19.1 Å². The molecular formula is C19H27F2N7O. The minimum atomic E-state index is -0.639. The summed E-state index contributed by atoms with van der Waals surface area (Å²) in [7, 11) is 3.27. The predicted molar refractivity (Wildman–Crippen MR) is 113 cm³/mol. The molecule has 0 bridgehead atoms. The average molecular weight is 407 g/mol. The molecule has 0 radical (unpaired) electrons. The van der Waals surface area contributed by atoms with Crippen LogP contribution in [0.1, 0.15) is 14.0 Å². The van der Waals surface area contributed by atoms with E-state index in [0.29, 0.717) is 17.1 Å². The fourth-order valence-electron chi connectivity index (χ4n) is 2.16. The quantitative estimate of drug-likeness (QED) is 0.581. The van der Waals surface area contributed by atoms with Gasteiger partial charge in [0.15, 0.2) is 0 Å².